The van der Waals surface area contributed by atoms with E-state index in [2.05, 4.69) is 6.58 Å². The number of hydrogen-bond donors (Lipinski definition) is 4. The van der Waals surface area contributed by atoms with Crippen LogP contribution in [0, 0.1) is 0 Å². The molecule has 0 aliphatic heterocycles. The maximum atomic E-state index is 10.9. The Morgan fingerprint density at radius 1 is 1.44 bits per heavy atom. The fourth-order valence-corrected chi connectivity index (χ4v) is 1.32. The molecule has 16 heavy (non-hydrogen) atoms. The van der Waals surface area contributed by atoms with Crippen LogP contribution in [0.2, 0.25) is 6.32 Å². The van der Waals surface area contributed by atoms with E-state index in [1.807, 2.05) is 0 Å². The van der Waals surface area contributed by atoms with E-state index in [4.69, 9.17) is 20.9 Å². The highest BCUT2D eigenvalue weighted by molar-refractivity contribution is 6.40. The lowest BCUT2D eigenvalue weighted by molar-refractivity contribution is -0.143. The van der Waals surface area contributed by atoms with Crippen LogP contribution in [0.3, 0.4) is 0 Å². The Balaban J connectivity index is 0. The third-order valence-electron chi connectivity index (χ3n) is 2.27. The van der Waals surface area contributed by atoms with Crippen molar-refractivity contribution in [2.45, 2.75) is 37.5 Å². The third kappa shape index (κ3) is 6.84. The number of nitrogens with two attached hydrogens (primary N) is 1. The number of aliphatic carboxylic acids is 1. The Hall–Kier alpha value is -0.555. The molecule has 0 spiro atoms. The second-order valence-corrected chi connectivity index (χ2v) is 3.68. The van der Waals surface area contributed by atoms with Crippen LogP contribution in [0.25, 0.3) is 0 Å². The molecule has 0 aliphatic rings. The minimum atomic E-state index is -1.33. The maximum Gasteiger partial charge on any atom is 0.451 e. The molecule has 0 aromatic heterocycles. The quantitative estimate of drug-likeness (QED) is 0.284. The molecule has 0 bridgehead atoms. The zero-order valence-corrected chi connectivity index (χ0v) is 9.95. The predicted octanol–water partition coefficient (Wildman–Crippen LogP) is 0.409. The summed E-state index contributed by atoms with van der Waals surface area (Å²) in [5, 5.41) is 26.1. The molecule has 5 N–H and O–H groups in total. The lowest BCUT2D eigenvalue weighted by atomic mass is 9.81. The van der Waals surface area contributed by atoms with Gasteiger partial charge in [0.15, 0.2) is 0 Å². The van der Waals surface area contributed by atoms with E-state index < -0.39 is 18.6 Å². The van der Waals surface area contributed by atoms with Gasteiger partial charge >= 0.3 is 13.1 Å². The van der Waals surface area contributed by atoms with Gasteiger partial charge in [-0.1, -0.05) is 18.9 Å². The lowest BCUT2D eigenvalue weighted by Crippen LogP contribution is -2.47. The van der Waals surface area contributed by atoms with E-state index in [9.17, 15) is 4.79 Å². The number of carboxylic acids is 1. The molecule has 7 heteroatoms. The Labute approximate surface area is 102 Å². The molecule has 0 heterocycles. The van der Waals surface area contributed by atoms with Gasteiger partial charge in [-0.05, 0) is 19.2 Å². The van der Waals surface area contributed by atoms with E-state index in [0.29, 0.717) is 19.3 Å². The summed E-state index contributed by atoms with van der Waals surface area (Å²) in [6.07, 6.45) is 3.33. The van der Waals surface area contributed by atoms with Crippen LogP contribution in [0.5, 0.6) is 0 Å². The van der Waals surface area contributed by atoms with E-state index in [0.717, 1.165) is 0 Å². The first-order valence-electron chi connectivity index (χ1n) is 4.91. The molecular formula is C9H19BClNO4. The van der Waals surface area contributed by atoms with Gasteiger partial charge in [0.1, 0.15) is 5.54 Å². The molecule has 0 saturated heterocycles. The predicted molar refractivity (Wildman–Crippen MR) is 65.5 cm³/mol. The van der Waals surface area contributed by atoms with E-state index in [1.165, 1.54) is 6.08 Å². The summed E-state index contributed by atoms with van der Waals surface area (Å²) in [7, 11) is -1.33. The normalized spacial score (nSPS) is 13.4. The molecule has 0 amide bonds. The first-order valence-corrected chi connectivity index (χ1v) is 4.91. The summed E-state index contributed by atoms with van der Waals surface area (Å²) in [6, 6.07) is 0. The molecule has 0 fully saturated rings. The Kier molecular flexibility index (Phi) is 9.56. The average molecular weight is 252 g/mol. The molecule has 0 rings (SSSR count). The fourth-order valence-electron chi connectivity index (χ4n) is 1.32. The van der Waals surface area contributed by atoms with Crippen LogP contribution in [-0.4, -0.2) is 33.8 Å². The maximum absolute atomic E-state index is 10.9. The summed E-state index contributed by atoms with van der Waals surface area (Å²) < 4.78 is 0. The monoisotopic (exact) mass is 251 g/mol. The molecule has 0 aliphatic carbocycles. The van der Waals surface area contributed by atoms with Crippen molar-refractivity contribution in [3.8, 4) is 0 Å². The van der Waals surface area contributed by atoms with Crippen molar-refractivity contribution in [2.24, 2.45) is 5.73 Å². The van der Waals surface area contributed by atoms with Crippen LogP contribution in [0.15, 0.2) is 12.7 Å². The lowest BCUT2D eigenvalue weighted by Gasteiger charge is -2.22. The summed E-state index contributed by atoms with van der Waals surface area (Å²) in [5.74, 6) is -1.05. The van der Waals surface area contributed by atoms with Gasteiger partial charge in [0, 0.05) is 0 Å². The molecular weight excluding hydrogens is 232 g/mol. The first kappa shape index (κ1) is 17.8. The van der Waals surface area contributed by atoms with Crippen molar-refractivity contribution < 1.29 is 19.9 Å². The highest BCUT2D eigenvalue weighted by atomic mass is 35.5. The van der Waals surface area contributed by atoms with Gasteiger partial charge in [-0.15, -0.1) is 19.0 Å². The Morgan fingerprint density at radius 3 is 2.38 bits per heavy atom. The van der Waals surface area contributed by atoms with Crippen molar-refractivity contribution in [3.63, 3.8) is 0 Å². The number of unbranched alkanes of at least 4 members (excludes halogenated alkanes) is 1. The molecule has 0 aromatic rings. The average Bonchev–Trinajstić information content (AvgIpc) is 2.12. The number of halogens is 1. The zero-order chi connectivity index (χ0) is 11.9. The summed E-state index contributed by atoms with van der Waals surface area (Å²) in [4.78, 5) is 10.9. The van der Waals surface area contributed by atoms with Gasteiger partial charge in [-0.25, -0.2) is 0 Å². The highest BCUT2D eigenvalue weighted by Crippen LogP contribution is 2.17. The van der Waals surface area contributed by atoms with E-state index in [1.54, 1.807) is 0 Å². The van der Waals surface area contributed by atoms with Crippen molar-refractivity contribution in [1.82, 2.24) is 0 Å². The van der Waals surface area contributed by atoms with Crippen LogP contribution >= 0.6 is 12.4 Å². The fraction of sp³-hybridized carbons (Fsp3) is 0.667. The zero-order valence-electron chi connectivity index (χ0n) is 9.13. The van der Waals surface area contributed by atoms with Gasteiger partial charge < -0.3 is 20.9 Å². The molecule has 1 atom stereocenters. The SMILES string of the molecule is C=CC[C@](N)(CCCCB(O)O)C(=O)O.Cl. The summed E-state index contributed by atoms with van der Waals surface area (Å²) in [5.41, 5.74) is 4.40. The summed E-state index contributed by atoms with van der Waals surface area (Å²) >= 11 is 0. The topological polar surface area (TPSA) is 104 Å². The second-order valence-electron chi connectivity index (χ2n) is 3.68. The van der Waals surface area contributed by atoms with E-state index in [-0.39, 0.29) is 25.1 Å². The number of carboxylic acid groups (broad SMARTS) is 1. The van der Waals surface area contributed by atoms with Gasteiger partial charge in [0.25, 0.3) is 0 Å². The third-order valence-corrected chi connectivity index (χ3v) is 2.27. The van der Waals surface area contributed by atoms with Crippen LogP contribution in [-0.2, 0) is 4.79 Å². The van der Waals surface area contributed by atoms with Crippen molar-refractivity contribution >= 4 is 25.5 Å². The van der Waals surface area contributed by atoms with Gasteiger partial charge in [-0.2, -0.15) is 0 Å². The highest BCUT2D eigenvalue weighted by Gasteiger charge is 2.31. The van der Waals surface area contributed by atoms with Crippen molar-refractivity contribution in [2.75, 3.05) is 0 Å². The molecule has 0 unspecified atom stereocenters. The largest absolute Gasteiger partial charge is 0.480 e. The van der Waals surface area contributed by atoms with Gasteiger partial charge in [0.05, 0.1) is 0 Å². The molecule has 0 saturated carbocycles. The van der Waals surface area contributed by atoms with E-state index >= 15 is 0 Å². The van der Waals surface area contributed by atoms with Crippen molar-refractivity contribution in [1.29, 1.82) is 0 Å². The molecule has 5 nitrogen and oxygen atoms in total. The summed E-state index contributed by atoms with van der Waals surface area (Å²) in [6.45, 7) is 3.46. The van der Waals surface area contributed by atoms with Crippen molar-refractivity contribution in [3.05, 3.63) is 12.7 Å². The standard InChI is InChI=1S/C9H18BNO4.ClH/c1-2-5-9(11,8(12)13)6-3-4-7-10(14)15;/h2,14-15H,1,3-7,11H2,(H,12,13);1H/t9-;/m0./s1. The van der Waals surface area contributed by atoms with Gasteiger partial charge in [0.2, 0.25) is 0 Å². The smallest absolute Gasteiger partial charge is 0.451 e. The number of carbonyl (C=O) groups is 1. The van der Waals surface area contributed by atoms with Crippen LogP contribution in [0.1, 0.15) is 25.7 Å². The van der Waals surface area contributed by atoms with Crippen LogP contribution in [0.4, 0.5) is 0 Å². The Morgan fingerprint density at radius 2 is 2.00 bits per heavy atom. The second kappa shape index (κ2) is 8.58. The molecule has 94 valence electrons. The number of rotatable bonds is 8. The first-order chi connectivity index (χ1) is 6.92. The molecule has 0 radical (unpaired) electrons. The Bertz CT molecular complexity index is 228. The minimum absolute atomic E-state index is 0. The number of hydrogen-bond acceptors (Lipinski definition) is 4. The van der Waals surface area contributed by atoms with Crippen LogP contribution < -0.4 is 5.73 Å². The van der Waals surface area contributed by atoms with Gasteiger partial charge in [-0.3, -0.25) is 4.79 Å². The minimum Gasteiger partial charge on any atom is -0.480 e. The molecule has 0 aromatic carbocycles.